The summed E-state index contributed by atoms with van der Waals surface area (Å²) in [5.74, 6) is -2.21. The van der Waals surface area contributed by atoms with E-state index in [0.29, 0.717) is 18.6 Å². The summed E-state index contributed by atoms with van der Waals surface area (Å²) in [6, 6.07) is 2.36. The van der Waals surface area contributed by atoms with Crippen molar-refractivity contribution in [3.05, 3.63) is 39.9 Å². The molecule has 0 fully saturated rings. The molecule has 0 saturated heterocycles. The Morgan fingerprint density at radius 1 is 1.50 bits per heavy atom. The molecule has 1 aromatic heterocycles. The van der Waals surface area contributed by atoms with Crippen LogP contribution in [0.5, 0.6) is 0 Å². The molecule has 22 heavy (non-hydrogen) atoms. The third-order valence-electron chi connectivity index (χ3n) is 3.34. The largest absolute Gasteiger partial charge is 0.545 e. The lowest BCUT2D eigenvalue weighted by molar-refractivity contribution is -0.255. The first-order valence-electron chi connectivity index (χ1n) is 6.92. The van der Waals surface area contributed by atoms with Gasteiger partial charge in [0, 0.05) is 30.7 Å². The molecule has 2 aromatic rings. The monoisotopic (exact) mass is 306 g/mol. The number of aromatic nitrogens is 1. The highest BCUT2D eigenvalue weighted by molar-refractivity contribution is 5.92. The Balaban J connectivity index is 2.69. The minimum absolute atomic E-state index is 0.00685. The number of fused-ring (bicyclic) bond motifs is 1. The third-order valence-corrected chi connectivity index (χ3v) is 3.34. The average molecular weight is 306 g/mol. The van der Waals surface area contributed by atoms with E-state index in [4.69, 9.17) is 5.73 Å². The molecular formula is C15H17FN3O3-. The standard InChI is InChI=1S/C15H18FN3O3/c1-3-19-7-10(15(21)22)14(20)9-4-11(16)12(5-13(9)19)18-6-8(2)17/h4-5,7-8,18H,3,6,17H2,1-2H3,(H,21,22)/p-1. The molecule has 0 amide bonds. The molecule has 1 heterocycles. The molecule has 1 aromatic carbocycles. The molecule has 1 unspecified atom stereocenters. The lowest BCUT2D eigenvalue weighted by Gasteiger charge is -2.15. The predicted molar refractivity (Wildman–Crippen MR) is 80.3 cm³/mol. The SMILES string of the molecule is CCn1cc(C(=O)[O-])c(=O)c2cc(F)c(NCC(C)N)cc21. The van der Waals surface area contributed by atoms with Crippen LogP contribution in [0.4, 0.5) is 10.1 Å². The van der Waals surface area contributed by atoms with Gasteiger partial charge in [0.25, 0.3) is 0 Å². The number of carbonyl (C=O) groups is 1. The van der Waals surface area contributed by atoms with Gasteiger partial charge in [-0.15, -0.1) is 0 Å². The van der Waals surface area contributed by atoms with Crippen LogP contribution < -0.4 is 21.6 Å². The van der Waals surface area contributed by atoms with Crippen LogP contribution in [0.1, 0.15) is 24.2 Å². The van der Waals surface area contributed by atoms with E-state index in [9.17, 15) is 19.1 Å². The van der Waals surface area contributed by atoms with Crippen LogP contribution in [-0.2, 0) is 6.54 Å². The van der Waals surface area contributed by atoms with Crippen LogP contribution >= 0.6 is 0 Å². The van der Waals surface area contributed by atoms with Crippen molar-refractivity contribution in [3.63, 3.8) is 0 Å². The van der Waals surface area contributed by atoms with Crippen LogP contribution in [0, 0.1) is 5.82 Å². The van der Waals surface area contributed by atoms with Gasteiger partial charge in [0.2, 0.25) is 0 Å². The summed E-state index contributed by atoms with van der Waals surface area (Å²) in [4.78, 5) is 23.1. The molecule has 0 aliphatic rings. The minimum Gasteiger partial charge on any atom is -0.545 e. The van der Waals surface area contributed by atoms with Gasteiger partial charge in [0.15, 0.2) is 5.43 Å². The van der Waals surface area contributed by atoms with Crippen LogP contribution in [-0.4, -0.2) is 23.1 Å². The lowest BCUT2D eigenvalue weighted by atomic mass is 10.1. The summed E-state index contributed by atoms with van der Waals surface area (Å²) >= 11 is 0. The van der Waals surface area contributed by atoms with Gasteiger partial charge in [-0.1, -0.05) is 0 Å². The number of pyridine rings is 1. The maximum atomic E-state index is 14.1. The Kier molecular flexibility index (Phi) is 4.46. The van der Waals surface area contributed by atoms with Crippen molar-refractivity contribution in [3.8, 4) is 0 Å². The first-order chi connectivity index (χ1) is 10.3. The van der Waals surface area contributed by atoms with Gasteiger partial charge in [-0.05, 0) is 26.0 Å². The van der Waals surface area contributed by atoms with Gasteiger partial charge in [0.1, 0.15) is 5.82 Å². The molecule has 0 aliphatic carbocycles. The van der Waals surface area contributed by atoms with Gasteiger partial charge in [0.05, 0.1) is 22.7 Å². The zero-order valence-electron chi connectivity index (χ0n) is 12.4. The Morgan fingerprint density at radius 3 is 2.73 bits per heavy atom. The number of aromatic carboxylic acids is 1. The highest BCUT2D eigenvalue weighted by Gasteiger charge is 2.13. The summed E-state index contributed by atoms with van der Waals surface area (Å²) in [6.07, 6.45) is 1.22. The zero-order chi connectivity index (χ0) is 16.4. The van der Waals surface area contributed by atoms with Crippen molar-refractivity contribution in [2.75, 3.05) is 11.9 Å². The molecule has 0 bridgehead atoms. The Hall–Kier alpha value is -2.41. The summed E-state index contributed by atoms with van der Waals surface area (Å²) < 4.78 is 15.7. The fraction of sp³-hybridized carbons (Fsp3) is 0.333. The van der Waals surface area contributed by atoms with Crippen molar-refractivity contribution in [1.29, 1.82) is 0 Å². The van der Waals surface area contributed by atoms with Crippen molar-refractivity contribution in [2.24, 2.45) is 5.73 Å². The van der Waals surface area contributed by atoms with Crippen molar-refractivity contribution >= 4 is 22.6 Å². The second-order valence-corrected chi connectivity index (χ2v) is 5.15. The van der Waals surface area contributed by atoms with Crippen LogP contribution in [0.25, 0.3) is 10.9 Å². The maximum Gasteiger partial charge on any atom is 0.198 e. The first kappa shape index (κ1) is 16.0. The summed E-state index contributed by atoms with van der Waals surface area (Å²) in [5.41, 5.74) is 5.06. The molecular weight excluding hydrogens is 289 g/mol. The number of carboxylic acid groups (broad SMARTS) is 1. The molecule has 0 saturated carbocycles. The van der Waals surface area contributed by atoms with Crippen molar-refractivity contribution < 1.29 is 14.3 Å². The number of benzene rings is 1. The predicted octanol–water partition coefficient (Wildman–Crippen LogP) is 0.283. The van der Waals surface area contributed by atoms with E-state index in [1.165, 1.54) is 12.3 Å². The number of anilines is 1. The molecule has 7 heteroatoms. The fourth-order valence-corrected chi connectivity index (χ4v) is 2.22. The third kappa shape index (κ3) is 2.94. The van der Waals surface area contributed by atoms with Gasteiger partial charge in [-0.2, -0.15) is 0 Å². The Morgan fingerprint density at radius 2 is 2.18 bits per heavy atom. The number of nitrogens with zero attached hydrogens (tertiary/aromatic N) is 1. The highest BCUT2D eigenvalue weighted by Crippen LogP contribution is 2.22. The van der Waals surface area contributed by atoms with E-state index in [1.54, 1.807) is 18.4 Å². The van der Waals surface area contributed by atoms with Crippen LogP contribution in [0.15, 0.2) is 23.1 Å². The van der Waals surface area contributed by atoms with Gasteiger partial charge in [-0.25, -0.2) is 4.39 Å². The number of carbonyl (C=O) groups excluding carboxylic acids is 1. The number of nitrogens with two attached hydrogens (primary N) is 1. The van der Waals surface area contributed by atoms with E-state index >= 15 is 0 Å². The van der Waals surface area contributed by atoms with Gasteiger partial charge < -0.3 is 25.5 Å². The minimum atomic E-state index is -1.58. The average Bonchev–Trinajstić information content (AvgIpc) is 2.45. The number of hydrogen-bond acceptors (Lipinski definition) is 5. The number of carboxylic acids is 1. The summed E-state index contributed by atoms with van der Waals surface area (Å²) in [5, 5.41) is 13.9. The lowest BCUT2D eigenvalue weighted by Crippen LogP contribution is -2.30. The second-order valence-electron chi connectivity index (χ2n) is 5.15. The molecule has 0 radical (unpaired) electrons. The van der Waals surface area contributed by atoms with Crippen molar-refractivity contribution in [1.82, 2.24) is 4.57 Å². The Bertz CT molecular complexity index is 784. The maximum absolute atomic E-state index is 14.1. The number of rotatable bonds is 5. The molecule has 3 N–H and O–H groups in total. The quantitative estimate of drug-likeness (QED) is 0.826. The second kappa shape index (κ2) is 6.15. The molecule has 6 nitrogen and oxygen atoms in total. The molecule has 2 rings (SSSR count). The van der Waals surface area contributed by atoms with E-state index in [0.717, 1.165) is 6.07 Å². The van der Waals surface area contributed by atoms with Gasteiger partial charge >= 0.3 is 0 Å². The van der Waals surface area contributed by atoms with Gasteiger partial charge in [-0.3, -0.25) is 4.79 Å². The Labute approximate surface area is 126 Å². The van der Waals surface area contributed by atoms with E-state index < -0.39 is 22.8 Å². The number of hydrogen-bond donors (Lipinski definition) is 2. The highest BCUT2D eigenvalue weighted by atomic mass is 19.1. The molecule has 1 atom stereocenters. The smallest absolute Gasteiger partial charge is 0.198 e. The zero-order valence-corrected chi connectivity index (χ0v) is 12.4. The van der Waals surface area contributed by atoms with E-state index in [1.807, 2.05) is 0 Å². The topological polar surface area (TPSA) is 100 Å². The fourth-order valence-electron chi connectivity index (χ4n) is 2.22. The van der Waals surface area contributed by atoms with E-state index in [2.05, 4.69) is 5.32 Å². The molecule has 118 valence electrons. The number of aryl methyl sites for hydroxylation is 1. The summed E-state index contributed by atoms with van der Waals surface area (Å²) in [7, 11) is 0. The van der Waals surface area contributed by atoms with Crippen molar-refractivity contribution in [2.45, 2.75) is 26.4 Å². The van der Waals surface area contributed by atoms with Crippen LogP contribution in [0.2, 0.25) is 0 Å². The molecule has 0 aliphatic heterocycles. The molecule has 0 spiro atoms. The van der Waals surface area contributed by atoms with E-state index in [-0.39, 0.29) is 17.1 Å². The normalized spacial score (nSPS) is 12.4. The first-order valence-corrected chi connectivity index (χ1v) is 6.92. The summed E-state index contributed by atoms with van der Waals surface area (Å²) in [6.45, 7) is 4.37. The number of halogens is 1. The van der Waals surface area contributed by atoms with Crippen LogP contribution in [0.3, 0.4) is 0 Å². The number of nitrogens with one attached hydrogen (secondary N) is 1.